The van der Waals surface area contributed by atoms with Gasteiger partial charge in [0.1, 0.15) is 0 Å². The lowest BCUT2D eigenvalue weighted by Gasteiger charge is -2.13. The van der Waals surface area contributed by atoms with Crippen LogP contribution >= 0.6 is 0 Å². The van der Waals surface area contributed by atoms with E-state index in [1.165, 1.54) is 17.7 Å². The van der Waals surface area contributed by atoms with Crippen LogP contribution < -0.4 is 5.32 Å². The van der Waals surface area contributed by atoms with Crippen molar-refractivity contribution in [1.82, 2.24) is 5.32 Å². The normalized spacial score (nSPS) is 11.9. The van der Waals surface area contributed by atoms with Crippen LogP contribution in [-0.2, 0) is 6.42 Å². The van der Waals surface area contributed by atoms with E-state index in [1.54, 1.807) is 0 Å². The van der Waals surface area contributed by atoms with E-state index in [4.69, 9.17) is 0 Å². The number of aromatic hydroxyl groups is 1. The second-order valence-corrected chi connectivity index (χ2v) is 5.36. The van der Waals surface area contributed by atoms with E-state index >= 15 is 0 Å². The molecule has 2 aromatic carbocycles. The number of hydrogen-bond acceptors (Lipinski definition) is 5. The van der Waals surface area contributed by atoms with Crippen molar-refractivity contribution < 1.29 is 14.8 Å². The minimum absolute atomic E-state index is 0.0793. The molecule has 0 heterocycles. The molecular weight excluding hydrogens is 296 g/mol. The lowest BCUT2D eigenvalue weighted by atomic mass is 10.1. The number of rotatable bonds is 7. The first-order valence-electron chi connectivity index (χ1n) is 7.25. The van der Waals surface area contributed by atoms with Gasteiger partial charge in [0.05, 0.1) is 11.5 Å². The summed E-state index contributed by atoms with van der Waals surface area (Å²) in [6, 6.07) is 13.6. The van der Waals surface area contributed by atoms with E-state index in [0.29, 0.717) is 0 Å². The van der Waals surface area contributed by atoms with Gasteiger partial charge in [-0.15, -0.1) is 0 Å². The summed E-state index contributed by atoms with van der Waals surface area (Å²) >= 11 is 0. The van der Waals surface area contributed by atoms with Crippen LogP contribution in [0.4, 0.5) is 5.69 Å². The fraction of sp³-hybridized carbons (Fsp3) is 0.235. The molecule has 0 spiro atoms. The standard InChI is InChI=1S/C17H18N2O4/c1-12(9-13-5-3-2-4-6-13)18-11-17(21)14-7-8-16(20)15(10-14)19(22)23/h2-8,10,12,18,20H,9,11H2,1H3. The van der Waals surface area contributed by atoms with Crippen molar-refractivity contribution in [3.63, 3.8) is 0 Å². The Labute approximate surface area is 133 Å². The Bertz CT molecular complexity index is 701. The molecule has 0 saturated carbocycles. The predicted octanol–water partition coefficient (Wildman–Crippen LogP) is 2.70. The van der Waals surface area contributed by atoms with Crippen molar-refractivity contribution >= 4 is 11.5 Å². The van der Waals surface area contributed by atoms with Gasteiger partial charge in [0.2, 0.25) is 0 Å². The molecule has 0 aromatic heterocycles. The van der Waals surface area contributed by atoms with Crippen molar-refractivity contribution in [1.29, 1.82) is 0 Å². The fourth-order valence-corrected chi connectivity index (χ4v) is 2.25. The van der Waals surface area contributed by atoms with E-state index in [1.807, 2.05) is 37.3 Å². The molecule has 0 aliphatic heterocycles. The molecule has 0 aliphatic rings. The first-order valence-corrected chi connectivity index (χ1v) is 7.25. The van der Waals surface area contributed by atoms with E-state index in [9.17, 15) is 20.0 Å². The van der Waals surface area contributed by atoms with E-state index < -0.39 is 16.4 Å². The number of phenols is 1. The maximum atomic E-state index is 12.1. The van der Waals surface area contributed by atoms with Gasteiger partial charge < -0.3 is 10.4 Å². The monoisotopic (exact) mass is 314 g/mol. The summed E-state index contributed by atoms with van der Waals surface area (Å²) in [5.41, 5.74) is 0.905. The second-order valence-electron chi connectivity index (χ2n) is 5.36. The summed E-state index contributed by atoms with van der Waals surface area (Å²) < 4.78 is 0. The highest BCUT2D eigenvalue weighted by molar-refractivity contribution is 5.98. The minimum atomic E-state index is -0.711. The van der Waals surface area contributed by atoms with Gasteiger partial charge >= 0.3 is 5.69 Å². The summed E-state index contributed by atoms with van der Waals surface area (Å²) in [6.07, 6.45) is 0.782. The molecule has 6 nitrogen and oxygen atoms in total. The quantitative estimate of drug-likeness (QED) is 0.466. The molecule has 2 aromatic rings. The van der Waals surface area contributed by atoms with Crippen molar-refractivity contribution in [3.05, 3.63) is 69.8 Å². The van der Waals surface area contributed by atoms with Crippen LogP contribution in [0.15, 0.2) is 48.5 Å². The van der Waals surface area contributed by atoms with E-state index in [-0.39, 0.29) is 23.9 Å². The van der Waals surface area contributed by atoms with Gasteiger partial charge in [0.25, 0.3) is 0 Å². The first kappa shape index (κ1) is 16.6. The van der Waals surface area contributed by atoms with Crippen LogP contribution in [0, 0.1) is 10.1 Å². The molecule has 2 rings (SSSR count). The van der Waals surface area contributed by atoms with Crippen molar-refractivity contribution in [2.24, 2.45) is 0 Å². The van der Waals surface area contributed by atoms with Gasteiger partial charge in [-0.05, 0) is 31.0 Å². The average Bonchev–Trinajstić information content (AvgIpc) is 2.53. The number of nitro groups is 1. The van der Waals surface area contributed by atoms with Gasteiger partial charge in [0, 0.05) is 17.7 Å². The number of ketones is 1. The number of carbonyl (C=O) groups excluding carboxylic acids is 1. The molecule has 23 heavy (non-hydrogen) atoms. The molecule has 0 fully saturated rings. The second kappa shape index (κ2) is 7.51. The number of nitrogens with one attached hydrogen (secondary N) is 1. The zero-order chi connectivity index (χ0) is 16.8. The van der Waals surface area contributed by atoms with Gasteiger partial charge in [0.15, 0.2) is 11.5 Å². The lowest BCUT2D eigenvalue weighted by Crippen LogP contribution is -2.33. The molecule has 1 unspecified atom stereocenters. The zero-order valence-corrected chi connectivity index (χ0v) is 12.7. The summed E-state index contributed by atoms with van der Waals surface area (Å²) in [5, 5.41) is 23.3. The molecule has 120 valence electrons. The Balaban J connectivity index is 1.94. The molecular formula is C17H18N2O4. The summed E-state index contributed by atoms with van der Waals surface area (Å²) in [5.74, 6) is -0.704. The Morgan fingerprint density at radius 2 is 1.96 bits per heavy atom. The molecule has 0 aliphatic carbocycles. The van der Waals surface area contributed by atoms with Gasteiger partial charge in [-0.3, -0.25) is 14.9 Å². The maximum Gasteiger partial charge on any atom is 0.311 e. The lowest BCUT2D eigenvalue weighted by molar-refractivity contribution is -0.385. The largest absolute Gasteiger partial charge is 0.502 e. The Kier molecular flexibility index (Phi) is 5.43. The first-order chi connectivity index (χ1) is 11.0. The molecule has 0 saturated heterocycles. The van der Waals surface area contributed by atoms with Crippen LogP contribution in [0.1, 0.15) is 22.8 Å². The topological polar surface area (TPSA) is 92.5 Å². The number of benzene rings is 2. The van der Waals surface area contributed by atoms with Gasteiger partial charge in [-0.2, -0.15) is 0 Å². The zero-order valence-electron chi connectivity index (χ0n) is 12.7. The van der Waals surface area contributed by atoms with Crippen LogP contribution in [-0.4, -0.2) is 28.4 Å². The summed E-state index contributed by atoms with van der Waals surface area (Å²) in [6.45, 7) is 2.05. The molecule has 0 amide bonds. The minimum Gasteiger partial charge on any atom is -0.502 e. The third kappa shape index (κ3) is 4.62. The van der Waals surface area contributed by atoms with Gasteiger partial charge in [-0.1, -0.05) is 30.3 Å². The Morgan fingerprint density at radius 1 is 1.26 bits per heavy atom. The number of nitro benzene ring substituents is 1. The molecule has 1 atom stereocenters. The average molecular weight is 314 g/mol. The van der Waals surface area contributed by atoms with Gasteiger partial charge in [-0.25, -0.2) is 0 Å². The third-order valence-electron chi connectivity index (χ3n) is 3.49. The van der Waals surface area contributed by atoms with Crippen LogP contribution in [0.2, 0.25) is 0 Å². The van der Waals surface area contributed by atoms with E-state index in [2.05, 4.69) is 5.32 Å². The Hall–Kier alpha value is -2.73. The highest BCUT2D eigenvalue weighted by atomic mass is 16.6. The number of Topliss-reactive ketones (excluding diaryl/α,β-unsaturated/α-hetero) is 1. The SMILES string of the molecule is CC(Cc1ccccc1)NCC(=O)c1ccc(O)c([N+](=O)[O-])c1. The Morgan fingerprint density at radius 3 is 2.61 bits per heavy atom. The third-order valence-corrected chi connectivity index (χ3v) is 3.49. The maximum absolute atomic E-state index is 12.1. The van der Waals surface area contributed by atoms with Crippen molar-refractivity contribution in [2.75, 3.05) is 6.54 Å². The predicted molar refractivity (Wildman–Crippen MR) is 86.7 cm³/mol. The highest BCUT2D eigenvalue weighted by Gasteiger charge is 2.17. The van der Waals surface area contributed by atoms with Crippen LogP contribution in [0.25, 0.3) is 0 Å². The molecule has 0 radical (unpaired) electrons. The molecule has 2 N–H and O–H groups in total. The van der Waals surface area contributed by atoms with Crippen LogP contribution in [0.5, 0.6) is 5.75 Å². The summed E-state index contributed by atoms with van der Waals surface area (Å²) in [7, 11) is 0. The summed E-state index contributed by atoms with van der Waals surface area (Å²) in [4.78, 5) is 22.2. The smallest absolute Gasteiger partial charge is 0.311 e. The fourth-order valence-electron chi connectivity index (χ4n) is 2.25. The van der Waals surface area contributed by atoms with E-state index in [0.717, 1.165) is 12.5 Å². The van der Waals surface area contributed by atoms with Crippen molar-refractivity contribution in [2.45, 2.75) is 19.4 Å². The number of hydrogen-bond donors (Lipinski definition) is 2. The highest BCUT2D eigenvalue weighted by Crippen LogP contribution is 2.26. The number of carbonyl (C=O) groups is 1. The molecule has 6 heteroatoms. The van der Waals surface area contributed by atoms with Crippen LogP contribution in [0.3, 0.4) is 0 Å². The number of phenolic OH excluding ortho intramolecular Hbond substituents is 1. The number of nitrogens with zero attached hydrogens (tertiary/aromatic N) is 1. The molecule has 0 bridgehead atoms. The van der Waals surface area contributed by atoms with Crippen molar-refractivity contribution in [3.8, 4) is 5.75 Å².